The lowest BCUT2D eigenvalue weighted by Gasteiger charge is -2.15. The largest absolute Gasteiger partial charge is 0.336 e. The normalized spacial score (nSPS) is 19.1. The van der Waals surface area contributed by atoms with Gasteiger partial charge in [-0.3, -0.25) is 14.8 Å². The first-order valence-corrected chi connectivity index (χ1v) is 8.32. The summed E-state index contributed by atoms with van der Waals surface area (Å²) in [6.45, 7) is 1.39. The Bertz CT molecular complexity index is 901. The van der Waals surface area contributed by atoms with E-state index in [1.165, 1.54) is 12.3 Å². The van der Waals surface area contributed by atoms with Gasteiger partial charge in [0.1, 0.15) is 11.4 Å². The summed E-state index contributed by atoms with van der Waals surface area (Å²) in [6, 6.07) is 4.74. The van der Waals surface area contributed by atoms with Crippen LogP contribution in [0.5, 0.6) is 0 Å². The lowest BCUT2D eigenvalue weighted by atomic mass is 10.1. The number of aliphatic imine (C=N–C) groups is 1. The van der Waals surface area contributed by atoms with Gasteiger partial charge < -0.3 is 10.6 Å². The molecule has 2 aromatic rings. The van der Waals surface area contributed by atoms with Gasteiger partial charge in [-0.25, -0.2) is 9.37 Å². The van der Waals surface area contributed by atoms with Crippen molar-refractivity contribution in [2.75, 3.05) is 13.1 Å². The van der Waals surface area contributed by atoms with E-state index in [0.717, 1.165) is 6.42 Å². The van der Waals surface area contributed by atoms with E-state index >= 15 is 0 Å². The summed E-state index contributed by atoms with van der Waals surface area (Å²) in [5.41, 5.74) is 7.84. The van der Waals surface area contributed by atoms with Crippen LogP contribution in [-0.2, 0) is 6.54 Å². The van der Waals surface area contributed by atoms with Crippen LogP contribution in [0.1, 0.15) is 33.9 Å². The molecular weight excluding hydrogens is 345 g/mol. The predicted molar refractivity (Wildman–Crippen MR) is 91.3 cm³/mol. The van der Waals surface area contributed by atoms with E-state index in [2.05, 4.69) is 15.0 Å². The van der Waals surface area contributed by atoms with Gasteiger partial charge in [0.05, 0.1) is 29.2 Å². The number of aromatic nitrogens is 2. The molecule has 1 atom stereocenters. The summed E-state index contributed by atoms with van der Waals surface area (Å²) in [5, 5.41) is 0.0266. The maximum absolute atomic E-state index is 14.3. The number of nitrogens with zero attached hydrogens (tertiary/aromatic N) is 4. The first kappa shape index (κ1) is 16.1. The fraction of sp³-hybridized carbons (Fsp3) is 0.294. The van der Waals surface area contributed by atoms with Crippen LogP contribution in [0.3, 0.4) is 0 Å². The Morgan fingerprint density at radius 2 is 2.24 bits per heavy atom. The van der Waals surface area contributed by atoms with Crippen molar-refractivity contribution in [1.82, 2.24) is 14.9 Å². The molecule has 0 radical (unpaired) electrons. The zero-order chi connectivity index (χ0) is 17.6. The van der Waals surface area contributed by atoms with Crippen LogP contribution in [-0.4, -0.2) is 45.6 Å². The third-order valence-corrected chi connectivity index (χ3v) is 4.69. The Hall–Kier alpha value is -2.38. The van der Waals surface area contributed by atoms with Gasteiger partial charge >= 0.3 is 0 Å². The lowest BCUT2D eigenvalue weighted by molar-refractivity contribution is 0.0784. The van der Waals surface area contributed by atoms with Crippen molar-refractivity contribution in [2.45, 2.75) is 19.0 Å². The molecule has 25 heavy (non-hydrogen) atoms. The average molecular weight is 360 g/mol. The molecule has 0 spiro atoms. The molecule has 0 bridgehead atoms. The Morgan fingerprint density at radius 3 is 3.00 bits per heavy atom. The number of likely N-dealkylation sites (tertiary alicyclic amines) is 1. The molecule has 1 aromatic heterocycles. The number of amides is 1. The topological polar surface area (TPSA) is 84.5 Å². The second-order valence-corrected chi connectivity index (χ2v) is 6.52. The Kier molecular flexibility index (Phi) is 3.97. The molecule has 1 amide bonds. The zero-order valence-electron chi connectivity index (χ0n) is 13.2. The van der Waals surface area contributed by atoms with E-state index in [1.807, 2.05) is 0 Å². The van der Waals surface area contributed by atoms with E-state index in [-0.39, 0.29) is 34.8 Å². The monoisotopic (exact) mass is 359 g/mol. The molecule has 2 N–H and O–H groups in total. The zero-order valence-corrected chi connectivity index (χ0v) is 14.0. The molecule has 1 saturated heterocycles. The highest BCUT2D eigenvalue weighted by Crippen LogP contribution is 2.25. The van der Waals surface area contributed by atoms with Gasteiger partial charge in [0.25, 0.3) is 5.91 Å². The quantitative estimate of drug-likeness (QED) is 0.886. The highest BCUT2D eigenvalue weighted by atomic mass is 35.5. The molecule has 1 fully saturated rings. The first-order valence-electron chi connectivity index (χ1n) is 7.94. The molecule has 8 heteroatoms. The van der Waals surface area contributed by atoms with Crippen molar-refractivity contribution in [1.29, 1.82) is 0 Å². The first-order chi connectivity index (χ1) is 12.0. The van der Waals surface area contributed by atoms with E-state index in [4.69, 9.17) is 17.3 Å². The van der Waals surface area contributed by atoms with Crippen LogP contribution in [0, 0.1) is 5.82 Å². The van der Waals surface area contributed by atoms with Crippen LogP contribution in [0.2, 0.25) is 5.02 Å². The molecule has 128 valence electrons. The third-order valence-electron chi connectivity index (χ3n) is 4.39. The van der Waals surface area contributed by atoms with E-state index in [0.29, 0.717) is 30.2 Å². The Balaban J connectivity index is 1.64. The average Bonchev–Trinajstić information content (AvgIpc) is 3.22. The predicted octanol–water partition coefficient (Wildman–Crippen LogP) is 1.79. The van der Waals surface area contributed by atoms with Crippen molar-refractivity contribution in [3.05, 3.63) is 57.9 Å². The van der Waals surface area contributed by atoms with Gasteiger partial charge in [-0.05, 0) is 18.6 Å². The number of hydrogen-bond acceptors (Lipinski definition) is 5. The maximum Gasteiger partial charge on any atom is 0.274 e. The van der Waals surface area contributed by atoms with E-state index in [1.54, 1.807) is 17.0 Å². The summed E-state index contributed by atoms with van der Waals surface area (Å²) in [5.74, 6) is -0.727. The minimum absolute atomic E-state index is 0.00655. The lowest BCUT2D eigenvalue weighted by Crippen LogP contribution is -2.32. The van der Waals surface area contributed by atoms with Crippen LogP contribution in [0.4, 0.5) is 4.39 Å². The van der Waals surface area contributed by atoms with Gasteiger partial charge in [0.2, 0.25) is 0 Å². The smallest absolute Gasteiger partial charge is 0.274 e. The molecule has 1 aromatic carbocycles. The molecular formula is C17H15ClFN5O. The van der Waals surface area contributed by atoms with Crippen molar-refractivity contribution < 1.29 is 9.18 Å². The Morgan fingerprint density at radius 1 is 1.40 bits per heavy atom. The Labute approximate surface area is 148 Å². The molecule has 4 rings (SSSR count). The van der Waals surface area contributed by atoms with Crippen LogP contribution in [0.25, 0.3) is 0 Å². The number of hydrogen-bond donors (Lipinski definition) is 1. The number of nitrogens with two attached hydrogens (primary N) is 1. The summed E-state index contributed by atoms with van der Waals surface area (Å²) >= 11 is 5.84. The van der Waals surface area contributed by atoms with Crippen molar-refractivity contribution in [3.8, 4) is 0 Å². The molecule has 2 aliphatic rings. The van der Waals surface area contributed by atoms with Gasteiger partial charge in [-0.15, -0.1) is 0 Å². The van der Waals surface area contributed by atoms with Crippen molar-refractivity contribution in [2.24, 2.45) is 10.7 Å². The molecule has 0 aliphatic carbocycles. The van der Waals surface area contributed by atoms with Crippen LogP contribution in [0.15, 0.2) is 29.4 Å². The van der Waals surface area contributed by atoms with Crippen molar-refractivity contribution >= 4 is 23.2 Å². The number of rotatable bonds is 2. The summed E-state index contributed by atoms with van der Waals surface area (Å²) in [7, 11) is 0. The second kappa shape index (κ2) is 6.16. The van der Waals surface area contributed by atoms with E-state index < -0.39 is 5.82 Å². The number of benzene rings is 1. The van der Waals surface area contributed by atoms with Crippen LogP contribution < -0.4 is 5.73 Å². The number of halogens is 2. The molecule has 1 unspecified atom stereocenters. The minimum Gasteiger partial charge on any atom is -0.336 e. The van der Waals surface area contributed by atoms with Gasteiger partial charge in [-0.2, -0.15) is 0 Å². The third kappa shape index (κ3) is 2.79. The van der Waals surface area contributed by atoms with Gasteiger partial charge in [0, 0.05) is 24.7 Å². The highest BCUT2D eigenvalue weighted by molar-refractivity contribution is 6.31. The minimum atomic E-state index is -0.538. The van der Waals surface area contributed by atoms with Crippen LogP contribution >= 0.6 is 11.6 Å². The number of fused-ring (bicyclic) bond motifs is 1. The summed E-state index contributed by atoms with van der Waals surface area (Å²) < 4.78 is 14.3. The van der Waals surface area contributed by atoms with E-state index in [9.17, 15) is 9.18 Å². The summed E-state index contributed by atoms with van der Waals surface area (Å²) in [6.07, 6.45) is 2.19. The molecule has 2 aliphatic heterocycles. The number of carbonyl (C=O) groups is 1. The number of carbonyl (C=O) groups excluding carboxylic acids is 1. The standard InChI is InChI=1S/C17H15ClFN5O/c18-11-3-1-2-10(14(11)19)15-16-12(6-21-15)23-13(7-22-16)17(25)24-5-4-9(20)8-24/h1-3,7,9H,4-6,8,20H2. The van der Waals surface area contributed by atoms with Gasteiger partial charge in [-0.1, -0.05) is 17.7 Å². The summed E-state index contributed by atoms with van der Waals surface area (Å²) in [4.78, 5) is 27.2. The van der Waals surface area contributed by atoms with Gasteiger partial charge in [0.15, 0.2) is 5.82 Å². The fourth-order valence-electron chi connectivity index (χ4n) is 3.10. The highest BCUT2D eigenvalue weighted by Gasteiger charge is 2.28. The molecule has 0 saturated carbocycles. The second-order valence-electron chi connectivity index (χ2n) is 6.12. The molecule has 6 nitrogen and oxygen atoms in total. The SMILES string of the molecule is NC1CCN(C(=O)c2cnc3c(n2)CN=C3c2cccc(Cl)c2F)C1. The fourth-order valence-corrected chi connectivity index (χ4v) is 3.28. The van der Waals surface area contributed by atoms with Crippen molar-refractivity contribution in [3.63, 3.8) is 0 Å². The molecule has 3 heterocycles. The maximum atomic E-state index is 14.3.